The predicted octanol–water partition coefficient (Wildman–Crippen LogP) is 0.638. The Labute approximate surface area is 76.9 Å². The summed E-state index contributed by atoms with van der Waals surface area (Å²) in [5, 5.41) is 0. The van der Waals surface area contributed by atoms with Crippen molar-refractivity contribution in [2.75, 3.05) is 20.0 Å². The van der Waals surface area contributed by atoms with Gasteiger partial charge in [0.25, 0.3) is 0 Å². The maximum atomic E-state index is 5.65. The summed E-state index contributed by atoms with van der Waals surface area (Å²) in [5.74, 6) is 1.38. The van der Waals surface area contributed by atoms with Gasteiger partial charge in [-0.3, -0.25) is 0 Å². The van der Waals surface area contributed by atoms with Gasteiger partial charge in [-0.05, 0) is 0 Å². The zero-order valence-corrected chi connectivity index (χ0v) is 8.00. The summed E-state index contributed by atoms with van der Waals surface area (Å²) in [6.45, 7) is 1.95. The number of nitrogens with two attached hydrogens (primary N) is 1. The molecule has 0 bridgehead atoms. The first-order chi connectivity index (χ1) is 6.22. The second kappa shape index (κ2) is 3.93. The molecule has 72 valence electrons. The van der Waals surface area contributed by atoms with Crippen LogP contribution in [0.25, 0.3) is 0 Å². The second-order valence-electron chi connectivity index (χ2n) is 2.43. The topological polar surface area (TPSA) is 70.3 Å². The zero-order valence-electron chi connectivity index (χ0n) is 8.00. The number of aryl methyl sites for hydroxylation is 1. The van der Waals surface area contributed by atoms with Gasteiger partial charge in [0.05, 0.1) is 14.2 Å². The molecule has 0 aliphatic rings. The molecule has 1 aromatic rings. The van der Waals surface area contributed by atoms with Crippen LogP contribution in [0.5, 0.6) is 11.8 Å². The minimum Gasteiger partial charge on any atom is -0.479 e. The number of nitrogens with zero attached hydrogens (tertiary/aromatic N) is 2. The molecule has 0 saturated heterocycles. The molecule has 0 unspecified atom stereocenters. The van der Waals surface area contributed by atoms with Crippen LogP contribution < -0.4 is 15.2 Å². The minimum absolute atomic E-state index is 0.335. The molecule has 13 heavy (non-hydrogen) atoms. The van der Waals surface area contributed by atoms with E-state index in [4.69, 9.17) is 15.2 Å². The monoisotopic (exact) mass is 183 g/mol. The number of hydrogen-bond acceptors (Lipinski definition) is 5. The Morgan fingerprint density at radius 3 is 1.92 bits per heavy atom. The molecule has 0 aromatic carbocycles. The highest BCUT2D eigenvalue weighted by Gasteiger charge is 2.11. The van der Waals surface area contributed by atoms with Crippen LogP contribution in [0.3, 0.4) is 0 Å². The highest BCUT2D eigenvalue weighted by atomic mass is 16.5. The van der Waals surface area contributed by atoms with Gasteiger partial charge in [0.2, 0.25) is 11.8 Å². The molecule has 0 aliphatic carbocycles. The Morgan fingerprint density at radius 2 is 1.62 bits per heavy atom. The summed E-state index contributed by atoms with van der Waals surface area (Å²) in [5.41, 5.74) is 5.99. The van der Waals surface area contributed by atoms with E-state index in [1.807, 2.05) is 6.92 Å². The molecule has 1 heterocycles. The van der Waals surface area contributed by atoms with Gasteiger partial charge in [-0.25, -0.2) is 0 Å². The Hall–Kier alpha value is -1.52. The quantitative estimate of drug-likeness (QED) is 0.744. The van der Waals surface area contributed by atoms with Gasteiger partial charge >= 0.3 is 0 Å². The average molecular weight is 183 g/mol. The second-order valence-corrected chi connectivity index (χ2v) is 2.43. The molecule has 0 aliphatic heterocycles. The van der Waals surface area contributed by atoms with Gasteiger partial charge in [-0.2, -0.15) is 9.97 Å². The fraction of sp³-hybridized carbons (Fsp3) is 0.500. The lowest BCUT2D eigenvalue weighted by atomic mass is 10.4. The summed E-state index contributed by atoms with van der Waals surface area (Å²) >= 11 is 0. The van der Waals surface area contributed by atoms with Gasteiger partial charge < -0.3 is 15.2 Å². The van der Waals surface area contributed by atoms with Crippen molar-refractivity contribution >= 4 is 5.69 Å². The standard InChI is InChI=1S/C8H13N3O2/c1-4-5-10-7(12-2)6(9)8(11-5)13-3/h4,9H2,1-3H3. The van der Waals surface area contributed by atoms with Gasteiger partial charge in [-0.1, -0.05) is 6.92 Å². The molecular formula is C8H13N3O2. The van der Waals surface area contributed by atoms with E-state index in [0.29, 0.717) is 29.7 Å². The molecule has 5 nitrogen and oxygen atoms in total. The third-order valence-corrected chi connectivity index (χ3v) is 1.62. The van der Waals surface area contributed by atoms with Crippen LogP contribution in [0.15, 0.2) is 0 Å². The van der Waals surface area contributed by atoms with Crippen LogP contribution in [0.4, 0.5) is 5.69 Å². The van der Waals surface area contributed by atoms with Crippen LogP contribution in [0.1, 0.15) is 12.7 Å². The number of rotatable bonds is 3. The Bertz CT molecular complexity index is 276. The first kappa shape index (κ1) is 9.57. The number of aromatic nitrogens is 2. The first-order valence-corrected chi connectivity index (χ1v) is 3.97. The van der Waals surface area contributed by atoms with E-state index in [2.05, 4.69) is 9.97 Å². The molecule has 0 radical (unpaired) electrons. The SMILES string of the molecule is CCc1nc(OC)c(N)c(OC)n1. The third-order valence-electron chi connectivity index (χ3n) is 1.62. The maximum absolute atomic E-state index is 5.65. The van der Waals surface area contributed by atoms with E-state index in [-0.39, 0.29) is 0 Å². The lowest BCUT2D eigenvalue weighted by molar-refractivity contribution is 0.373. The zero-order chi connectivity index (χ0) is 9.84. The highest BCUT2D eigenvalue weighted by Crippen LogP contribution is 2.27. The number of methoxy groups -OCH3 is 2. The number of nitrogen functional groups attached to an aromatic ring is 1. The Morgan fingerprint density at radius 1 is 1.15 bits per heavy atom. The smallest absolute Gasteiger partial charge is 0.244 e. The summed E-state index contributed by atoms with van der Waals surface area (Å²) in [6, 6.07) is 0. The molecule has 0 atom stereocenters. The van der Waals surface area contributed by atoms with Crippen molar-refractivity contribution in [1.29, 1.82) is 0 Å². The van der Waals surface area contributed by atoms with E-state index >= 15 is 0 Å². The van der Waals surface area contributed by atoms with Crippen LogP contribution in [0, 0.1) is 0 Å². The summed E-state index contributed by atoms with van der Waals surface area (Å²) in [4.78, 5) is 8.16. The van der Waals surface area contributed by atoms with Crippen LogP contribution >= 0.6 is 0 Å². The number of anilines is 1. The van der Waals surface area contributed by atoms with E-state index in [1.165, 1.54) is 14.2 Å². The van der Waals surface area contributed by atoms with Crippen molar-refractivity contribution in [3.8, 4) is 11.8 Å². The number of hydrogen-bond donors (Lipinski definition) is 1. The average Bonchev–Trinajstić information content (AvgIpc) is 2.18. The predicted molar refractivity (Wildman–Crippen MR) is 48.9 cm³/mol. The van der Waals surface area contributed by atoms with Crippen molar-refractivity contribution in [3.05, 3.63) is 5.82 Å². The molecule has 2 N–H and O–H groups in total. The summed E-state index contributed by atoms with van der Waals surface area (Å²) in [6.07, 6.45) is 0.715. The summed E-state index contributed by atoms with van der Waals surface area (Å²) in [7, 11) is 3.02. The molecule has 1 aromatic heterocycles. The van der Waals surface area contributed by atoms with Crippen molar-refractivity contribution in [2.24, 2.45) is 0 Å². The van der Waals surface area contributed by atoms with Crippen LogP contribution in [-0.4, -0.2) is 24.2 Å². The van der Waals surface area contributed by atoms with Gasteiger partial charge in [0.15, 0.2) is 5.69 Å². The van der Waals surface area contributed by atoms with Crippen LogP contribution in [-0.2, 0) is 6.42 Å². The van der Waals surface area contributed by atoms with Gasteiger partial charge in [0.1, 0.15) is 5.82 Å². The minimum atomic E-state index is 0.335. The van der Waals surface area contributed by atoms with E-state index < -0.39 is 0 Å². The fourth-order valence-electron chi connectivity index (χ4n) is 0.941. The van der Waals surface area contributed by atoms with Crippen LogP contribution in [0.2, 0.25) is 0 Å². The van der Waals surface area contributed by atoms with Crippen molar-refractivity contribution in [3.63, 3.8) is 0 Å². The largest absolute Gasteiger partial charge is 0.479 e. The Balaban J connectivity index is 3.20. The maximum Gasteiger partial charge on any atom is 0.244 e. The Kier molecular flexibility index (Phi) is 2.89. The fourth-order valence-corrected chi connectivity index (χ4v) is 0.941. The molecule has 0 fully saturated rings. The van der Waals surface area contributed by atoms with E-state index in [1.54, 1.807) is 0 Å². The van der Waals surface area contributed by atoms with Crippen molar-refractivity contribution < 1.29 is 9.47 Å². The molecule has 1 rings (SSSR count). The molecular weight excluding hydrogens is 170 g/mol. The first-order valence-electron chi connectivity index (χ1n) is 3.97. The van der Waals surface area contributed by atoms with Crippen molar-refractivity contribution in [1.82, 2.24) is 9.97 Å². The molecule has 0 amide bonds. The number of ether oxygens (including phenoxy) is 2. The highest BCUT2D eigenvalue weighted by molar-refractivity contribution is 5.56. The normalized spacial score (nSPS) is 9.77. The van der Waals surface area contributed by atoms with E-state index in [9.17, 15) is 0 Å². The van der Waals surface area contributed by atoms with Gasteiger partial charge in [-0.15, -0.1) is 0 Å². The third kappa shape index (κ3) is 1.80. The lowest BCUT2D eigenvalue weighted by Crippen LogP contribution is -2.04. The molecule has 0 spiro atoms. The van der Waals surface area contributed by atoms with E-state index in [0.717, 1.165) is 0 Å². The van der Waals surface area contributed by atoms with Gasteiger partial charge in [0, 0.05) is 6.42 Å². The van der Waals surface area contributed by atoms with Crippen molar-refractivity contribution in [2.45, 2.75) is 13.3 Å². The molecule has 5 heteroatoms. The molecule has 0 saturated carbocycles. The summed E-state index contributed by atoms with van der Waals surface area (Å²) < 4.78 is 9.95. The lowest BCUT2D eigenvalue weighted by Gasteiger charge is -2.08.